The molecule has 134 valence electrons. The Labute approximate surface area is 147 Å². The monoisotopic (exact) mass is 344 g/mol. The van der Waals surface area contributed by atoms with Gasteiger partial charge < -0.3 is 19.4 Å². The third-order valence-electron chi connectivity index (χ3n) is 3.52. The first kappa shape index (κ1) is 18.7. The van der Waals surface area contributed by atoms with E-state index in [9.17, 15) is 4.79 Å². The van der Waals surface area contributed by atoms with Gasteiger partial charge in [0.15, 0.2) is 5.82 Å². The molecule has 0 aliphatic heterocycles. The van der Waals surface area contributed by atoms with E-state index < -0.39 is 0 Å². The van der Waals surface area contributed by atoms with Crippen LogP contribution in [0.15, 0.2) is 42.7 Å². The summed E-state index contributed by atoms with van der Waals surface area (Å²) in [6.45, 7) is 9.08. The lowest BCUT2D eigenvalue weighted by Gasteiger charge is -2.16. The van der Waals surface area contributed by atoms with E-state index in [2.05, 4.69) is 22.1 Å². The molecule has 1 aromatic carbocycles. The molecule has 1 atom stereocenters. The zero-order valence-corrected chi connectivity index (χ0v) is 14.9. The number of benzene rings is 1. The highest BCUT2D eigenvalue weighted by Crippen LogP contribution is 2.20. The minimum absolute atomic E-state index is 0.230. The number of nitrogens with one attached hydrogen (secondary N) is 1. The largest absolute Gasteiger partial charge is 0.488 e. The average molecular weight is 344 g/mol. The van der Waals surface area contributed by atoms with Gasteiger partial charge in [0, 0.05) is 13.7 Å². The van der Waals surface area contributed by atoms with Gasteiger partial charge in [0.05, 0.1) is 18.2 Å². The third-order valence-corrected chi connectivity index (χ3v) is 3.52. The molecule has 0 saturated heterocycles. The van der Waals surface area contributed by atoms with E-state index >= 15 is 0 Å². The summed E-state index contributed by atoms with van der Waals surface area (Å²) < 4.78 is 12.6. The Morgan fingerprint density at radius 3 is 2.88 bits per heavy atom. The number of nitrogens with zero attached hydrogens (tertiary/aromatic N) is 3. The van der Waals surface area contributed by atoms with Crippen molar-refractivity contribution in [3.05, 3.63) is 54.1 Å². The highest BCUT2D eigenvalue weighted by Gasteiger charge is 2.19. The van der Waals surface area contributed by atoms with Crippen molar-refractivity contribution in [3.8, 4) is 5.75 Å². The molecule has 0 aliphatic carbocycles. The minimum Gasteiger partial charge on any atom is -0.488 e. The summed E-state index contributed by atoms with van der Waals surface area (Å²) in [7, 11) is 1.64. The number of methoxy groups -OCH3 is 1. The van der Waals surface area contributed by atoms with E-state index in [-0.39, 0.29) is 11.9 Å². The maximum absolute atomic E-state index is 12.6. The molecule has 2 aromatic rings. The van der Waals surface area contributed by atoms with Crippen molar-refractivity contribution in [2.45, 2.75) is 26.4 Å². The van der Waals surface area contributed by atoms with Gasteiger partial charge in [-0.15, -0.1) is 10.2 Å². The lowest BCUT2D eigenvalue weighted by Crippen LogP contribution is -2.29. The van der Waals surface area contributed by atoms with Gasteiger partial charge in [-0.25, -0.2) is 0 Å². The number of carbonyl (C=O) groups excluding carboxylic acids is 1. The number of carbonyl (C=O) groups is 1. The van der Waals surface area contributed by atoms with Crippen LogP contribution in [0.4, 0.5) is 0 Å². The van der Waals surface area contributed by atoms with Crippen LogP contribution in [0.2, 0.25) is 0 Å². The van der Waals surface area contributed by atoms with Gasteiger partial charge in [-0.05, 0) is 31.6 Å². The minimum atomic E-state index is -0.305. The topological polar surface area (TPSA) is 78.3 Å². The predicted molar refractivity (Wildman–Crippen MR) is 94.5 cm³/mol. The second-order valence-corrected chi connectivity index (χ2v) is 5.81. The third kappa shape index (κ3) is 5.15. The van der Waals surface area contributed by atoms with Gasteiger partial charge in [-0.2, -0.15) is 0 Å². The van der Waals surface area contributed by atoms with Crippen LogP contribution in [0.1, 0.15) is 36.1 Å². The van der Waals surface area contributed by atoms with Crippen molar-refractivity contribution >= 4 is 5.91 Å². The summed E-state index contributed by atoms with van der Waals surface area (Å²) in [5.41, 5.74) is 1.35. The Hall–Kier alpha value is -2.67. The van der Waals surface area contributed by atoms with E-state index in [1.54, 1.807) is 31.6 Å². The van der Waals surface area contributed by atoms with Crippen molar-refractivity contribution in [3.63, 3.8) is 0 Å². The summed E-state index contributed by atoms with van der Waals surface area (Å²) in [6, 6.07) is 6.82. The standard InChI is InChI=1S/C18H24N4O3/c1-13(2)11-25-16-8-6-5-7-15(16)18(23)20-14(3)17-21-19-12-22(17)9-10-24-4/h5-8,12,14H,1,9-11H2,2-4H3,(H,20,23)/t14-/m0/s1. The molecular weight excluding hydrogens is 320 g/mol. The van der Waals surface area contributed by atoms with Gasteiger partial charge in [0.25, 0.3) is 5.91 Å². The number of amides is 1. The summed E-state index contributed by atoms with van der Waals surface area (Å²) >= 11 is 0. The molecule has 0 radical (unpaired) electrons. The van der Waals surface area contributed by atoms with Gasteiger partial charge >= 0.3 is 0 Å². The fraction of sp³-hybridized carbons (Fsp3) is 0.389. The highest BCUT2D eigenvalue weighted by molar-refractivity contribution is 5.97. The van der Waals surface area contributed by atoms with E-state index in [1.807, 2.05) is 24.5 Å². The van der Waals surface area contributed by atoms with Crippen LogP contribution in [-0.4, -0.2) is 41.0 Å². The van der Waals surface area contributed by atoms with Crippen LogP contribution in [0.5, 0.6) is 5.75 Å². The van der Waals surface area contributed by atoms with Crippen LogP contribution in [0.25, 0.3) is 0 Å². The Bertz CT molecular complexity index is 727. The molecule has 1 amide bonds. The fourth-order valence-electron chi connectivity index (χ4n) is 2.28. The summed E-state index contributed by atoms with van der Waals surface area (Å²) in [5.74, 6) is 0.966. The van der Waals surface area contributed by atoms with E-state index in [0.717, 1.165) is 5.57 Å². The number of hydrogen-bond donors (Lipinski definition) is 1. The number of rotatable bonds is 9. The van der Waals surface area contributed by atoms with Gasteiger partial charge in [-0.3, -0.25) is 4.79 Å². The molecule has 25 heavy (non-hydrogen) atoms. The first-order valence-electron chi connectivity index (χ1n) is 8.06. The number of hydrogen-bond acceptors (Lipinski definition) is 5. The van der Waals surface area contributed by atoms with Crippen LogP contribution in [-0.2, 0) is 11.3 Å². The van der Waals surface area contributed by atoms with Gasteiger partial charge in [-0.1, -0.05) is 18.7 Å². The SMILES string of the molecule is C=C(C)COc1ccccc1C(=O)N[C@@H](C)c1nncn1CCOC. The normalized spacial score (nSPS) is 11.8. The zero-order chi connectivity index (χ0) is 18.2. The molecule has 0 aliphatic rings. The lowest BCUT2D eigenvalue weighted by atomic mass is 10.1. The first-order valence-corrected chi connectivity index (χ1v) is 8.06. The second kappa shape index (κ2) is 8.98. The van der Waals surface area contributed by atoms with Crippen molar-refractivity contribution < 1.29 is 14.3 Å². The van der Waals surface area contributed by atoms with Crippen molar-refractivity contribution in [2.24, 2.45) is 0 Å². The first-order chi connectivity index (χ1) is 12.0. The summed E-state index contributed by atoms with van der Waals surface area (Å²) in [4.78, 5) is 12.6. The molecule has 0 bridgehead atoms. The Balaban J connectivity index is 2.09. The van der Waals surface area contributed by atoms with Crippen LogP contribution in [0, 0.1) is 0 Å². The summed E-state index contributed by atoms with van der Waals surface area (Å²) in [6.07, 6.45) is 1.63. The molecule has 1 N–H and O–H groups in total. The van der Waals surface area contributed by atoms with Crippen LogP contribution >= 0.6 is 0 Å². The van der Waals surface area contributed by atoms with Gasteiger partial charge in [0.2, 0.25) is 0 Å². The molecule has 2 rings (SSSR count). The molecule has 1 heterocycles. The van der Waals surface area contributed by atoms with Gasteiger partial charge in [0.1, 0.15) is 18.7 Å². The zero-order valence-electron chi connectivity index (χ0n) is 14.9. The van der Waals surface area contributed by atoms with Crippen LogP contribution in [0.3, 0.4) is 0 Å². The molecule has 0 fully saturated rings. The highest BCUT2D eigenvalue weighted by atomic mass is 16.5. The summed E-state index contributed by atoms with van der Waals surface area (Å²) in [5, 5.41) is 10.9. The van der Waals surface area contributed by atoms with Crippen LogP contribution < -0.4 is 10.1 Å². The molecule has 7 heteroatoms. The smallest absolute Gasteiger partial charge is 0.255 e. The number of para-hydroxylation sites is 1. The fourth-order valence-corrected chi connectivity index (χ4v) is 2.28. The van der Waals surface area contributed by atoms with Crippen molar-refractivity contribution in [1.82, 2.24) is 20.1 Å². The Morgan fingerprint density at radius 1 is 1.40 bits per heavy atom. The Kier molecular flexibility index (Phi) is 6.71. The number of aromatic nitrogens is 3. The maximum atomic E-state index is 12.6. The maximum Gasteiger partial charge on any atom is 0.255 e. The van der Waals surface area contributed by atoms with E-state index in [4.69, 9.17) is 9.47 Å². The van der Waals surface area contributed by atoms with Crippen molar-refractivity contribution in [1.29, 1.82) is 0 Å². The molecule has 0 unspecified atom stereocenters. The average Bonchev–Trinajstić information content (AvgIpc) is 3.06. The molecule has 0 spiro atoms. The van der Waals surface area contributed by atoms with E-state index in [1.165, 1.54) is 0 Å². The quantitative estimate of drug-likeness (QED) is 0.707. The van der Waals surface area contributed by atoms with Crippen molar-refractivity contribution in [2.75, 3.05) is 20.3 Å². The molecule has 1 aromatic heterocycles. The molecule has 7 nitrogen and oxygen atoms in total. The van der Waals surface area contributed by atoms with E-state index in [0.29, 0.717) is 36.9 Å². The second-order valence-electron chi connectivity index (χ2n) is 5.81. The lowest BCUT2D eigenvalue weighted by molar-refractivity contribution is 0.0933. The Morgan fingerprint density at radius 2 is 2.16 bits per heavy atom. The predicted octanol–water partition coefficient (Wildman–Crippen LogP) is 2.37. The molecule has 0 saturated carbocycles. The molecular formula is C18H24N4O3. The number of ether oxygens (including phenoxy) is 2.